The highest BCUT2D eigenvalue weighted by Gasteiger charge is 2.52. The number of anilines is 2. The molecular weight excluding hydrogens is 548 g/mol. The van der Waals surface area contributed by atoms with Crippen LogP contribution in [0.4, 0.5) is 15.9 Å². The Kier molecular flexibility index (Phi) is 7.61. The van der Waals surface area contributed by atoms with Gasteiger partial charge in [0.25, 0.3) is 5.89 Å². The molecule has 1 amide bonds. The summed E-state index contributed by atoms with van der Waals surface area (Å²) < 4.78 is 18.7. The topological polar surface area (TPSA) is 84.2 Å². The lowest BCUT2D eigenvalue weighted by atomic mass is 9.94. The number of hydrogen-bond acceptors (Lipinski definition) is 7. The minimum atomic E-state index is -0.577. The third-order valence-electron chi connectivity index (χ3n) is 6.30. The number of hydrogen-bond donors (Lipinski definition) is 1. The molecule has 38 heavy (non-hydrogen) atoms. The molecule has 1 saturated carbocycles. The third-order valence-corrected chi connectivity index (χ3v) is 7.76. The van der Waals surface area contributed by atoms with Gasteiger partial charge in [0.2, 0.25) is 5.91 Å². The maximum atomic E-state index is 13.3. The van der Waals surface area contributed by atoms with Gasteiger partial charge in [-0.1, -0.05) is 35.3 Å². The zero-order valence-corrected chi connectivity index (χ0v) is 23.0. The predicted octanol–water partition coefficient (Wildman–Crippen LogP) is 6.84. The minimum absolute atomic E-state index is 0.100. The van der Waals surface area contributed by atoms with Crippen LogP contribution < -0.4 is 10.2 Å². The number of carbonyl (C=O) groups excluding carboxylic acids is 1. The molecule has 4 aromatic rings. The first-order valence-corrected chi connectivity index (χ1v) is 13.7. The number of rotatable bonds is 9. The fraction of sp³-hybridized carbons (Fsp3) is 0.259. The van der Waals surface area contributed by atoms with Crippen molar-refractivity contribution in [1.29, 1.82) is 0 Å². The van der Waals surface area contributed by atoms with E-state index in [4.69, 9.17) is 27.7 Å². The van der Waals surface area contributed by atoms with Crippen molar-refractivity contribution in [1.82, 2.24) is 15.1 Å². The van der Waals surface area contributed by atoms with E-state index in [1.54, 1.807) is 54.2 Å². The Morgan fingerprint density at radius 2 is 1.87 bits per heavy atom. The molecule has 0 aliphatic heterocycles. The fourth-order valence-electron chi connectivity index (χ4n) is 4.29. The first-order chi connectivity index (χ1) is 18.3. The van der Waals surface area contributed by atoms with Crippen molar-refractivity contribution in [3.05, 3.63) is 82.0 Å². The highest BCUT2D eigenvalue weighted by atomic mass is 35.5. The van der Waals surface area contributed by atoms with Crippen LogP contribution in [0, 0.1) is 5.82 Å². The van der Waals surface area contributed by atoms with Gasteiger partial charge in [0.05, 0.1) is 12.0 Å². The van der Waals surface area contributed by atoms with Crippen LogP contribution >= 0.6 is 35.0 Å². The van der Waals surface area contributed by atoms with Crippen LogP contribution in [-0.2, 0) is 10.2 Å². The number of halogens is 3. The summed E-state index contributed by atoms with van der Waals surface area (Å²) in [7, 11) is 1.81. The number of nitrogens with one attached hydrogen (secondary N) is 1. The van der Waals surface area contributed by atoms with Crippen LogP contribution in [0.25, 0.3) is 11.5 Å². The Balaban J connectivity index is 1.29. The average Bonchev–Trinajstić information content (AvgIpc) is 3.51. The molecule has 7 nitrogen and oxygen atoms in total. The zero-order valence-electron chi connectivity index (χ0n) is 20.7. The number of pyridine rings is 1. The Hall–Kier alpha value is -3.14. The molecule has 2 aromatic carbocycles. The summed E-state index contributed by atoms with van der Waals surface area (Å²) in [4.78, 5) is 24.6. The van der Waals surface area contributed by atoms with E-state index in [9.17, 15) is 9.18 Å². The van der Waals surface area contributed by atoms with Gasteiger partial charge in [0.15, 0.2) is 5.82 Å². The molecule has 0 spiro atoms. The van der Waals surface area contributed by atoms with E-state index in [-0.39, 0.29) is 18.3 Å². The van der Waals surface area contributed by atoms with E-state index in [1.807, 2.05) is 12.1 Å². The van der Waals surface area contributed by atoms with E-state index >= 15 is 0 Å². The molecule has 0 bridgehead atoms. The molecule has 11 heteroatoms. The molecule has 1 N–H and O–H groups in total. The maximum absolute atomic E-state index is 13.3. The number of carbonyl (C=O) groups is 1. The van der Waals surface area contributed by atoms with Gasteiger partial charge in [-0.3, -0.25) is 4.79 Å². The molecule has 0 unspecified atom stereocenters. The summed E-state index contributed by atoms with van der Waals surface area (Å²) in [6, 6.07) is 13.1. The number of thioether (sulfide) groups is 1. The van der Waals surface area contributed by atoms with Crippen LogP contribution in [0.1, 0.15) is 31.2 Å². The van der Waals surface area contributed by atoms with Gasteiger partial charge < -0.3 is 14.7 Å². The lowest BCUT2D eigenvalue weighted by Gasteiger charge is -2.19. The number of amides is 1. The summed E-state index contributed by atoms with van der Waals surface area (Å²) in [5.41, 5.74) is 1.22. The Morgan fingerprint density at radius 3 is 2.47 bits per heavy atom. The van der Waals surface area contributed by atoms with Crippen molar-refractivity contribution in [3.63, 3.8) is 0 Å². The highest BCUT2D eigenvalue weighted by Crippen LogP contribution is 2.57. The van der Waals surface area contributed by atoms with Crippen molar-refractivity contribution in [2.45, 2.75) is 30.1 Å². The second kappa shape index (κ2) is 10.9. The van der Waals surface area contributed by atoms with E-state index in [0.29, 0.717) is 44.4 Å². The van der Waals surface area contributed by atoms with E-state index in [1.165, 1.54) is 12.1 Å². The number of nitrogens with zero attached hydrogens (tertiary/aromatic N) is 4. The smallest absolute Gasteiger partial charge is 0.257 e. The third kappa shape index (κ3) is 5.50. The summed E-state index contributed by atoms with van der Waals surface area (Å²) in [6.07, 6.45) is 3.29. The predicted molar refractivity (Wildman–Crippen MR) is 149 cm³/mol. The van der Waals surface area contributed by atoms with Crippen molar-refractivity contribution in [2.75, 3.05) is 29.6 Å². The van der Waals surface area contributed by atoms with E-state index < -0.39 is 5.41 Å². The fourth-order valence-corrected chi connectivity index (χ4v) is 5.76. The monoisotopic (exact) mass is 571 g/mol. The van der Waals surface area contributed by atoms with Crippen molar-refractivity contribution < 1.29 is 13.7 Å². The van der Waals surface area contributed by atoms with Crippen molar-refractivity contribution in [2.24, 2.45) is 0 Å². The molecule has 196 valence electrons. The minimum Gasteiger partial charge on any atom is -0.350 e. The molecule has 2 aromatic heterocycles. The number of aromatic nitrogens is 3. The van der Waals surface area contributed by atoms with Crippen molar-refractivity contribution >= 4 is 52.4 Å². The van der Waals surface area contributed by atoms with Gasteiger partial charge in [-0.05, 0) is 67.1 Å². The van der Waals surface area contributed by atoms with E-state index in [0.717, 1.165) is 23.5 Å². The molecule has 1 aliphatic rings. The lowest BCUT2D eigenvalue weighted by molar-refractivity contribution is -0.114. The van der Waals surface area contributed by atoms with Gasteiger partial charge in [0, 0.05) is 45.0 Å². The maximum Gasteiger partial charge on any atom is 0.257 e. The highest BCUT2D eigenvalue weighted by molar-refractivity contribution is 7.99. The molecule has 0 radical (unpaired) electrons. The van der Waals surface area contributed by atoms with Crippen molar-refractivity contribution in [3.8, 4) is 11.5 Å². The summed E-state index contributed by atoms with van der Waals surface area (Å²) in [5.74, 6) is 1.85. The molecule has 0 saturated heterocycles. The average molecular weight is 572 g/mol. The lowest BCUT2D eigenvalue weighted by Crippen LogP contribution is -2.30. The zero-order chi connectivity index (χ0) is 26.9. The normalized spacial score (nSPS) is 13.8. The molecule has 0 atom stereocenters. The Morgan fingerprint density at radius 1 is 1.16 bits per heavy atom. The van der Waals surface area contributed by atoms with Crippen LogP contribution in [0.5, 0.6) is 0 Å². The quantitative estimate of drug-likeness (QED) is 0.220. The molecule has 1 aliphatic carbocycles. The van der Waals surface area contributed by atoms with Crippen LogP contribution in [0.2, 0.25) is 10.0 Å². The number of likely N-dealkylation sites (N-methyl/N-ethyl adjacent to an activating group) is 1. The number of benzene rings is 2. The largest absolute Gasteiger partial charge is 0.350 e. The van der Waals surface area contributed by atoms with Gasteiger partial charge in [-0.25, -0.2) is 9.37 Å². The summed E-state index contributed by atoms with van der Waals surface area (Å²) in [5, 5.41) is 7.84. The SMILES string of the molecule is CCSc1ccc(N(C)CC(=O)Nc2cc(Cl)c(C3(c4noc(-c5ccc(F)cc5)n4)CC3)c(Cl)c2)nc1. The van der Waals surface area contributed by atoms with Crippen LogP contribution in [-0.4, -0.2) is 40.4 Å². The van der Waals surface area contributed by atoms with Crippen LogP contribution in [0.15, 0.2) is 64.1 Å². The molecule has 5 rings (SSSR count). The molecular formula is C27H24Cl2FN5O2S. The first kappa shape index (κ1) is 26.5. The second-order valence-electron chi connectivity index (χ2n) is 9.02. The first-order valence-electron chi connectivity index (χ1n) is 12.0. The van der Waals surface area contributed by atoms with Gasteiger partial charge in [-0.15, -0.1) is 11.8 Å². The second-order valence-corrected chi connectivity index (χ2v) is 11.2. The standard InChI is InChI=1S/C27H24Cl2FN5O2S/c1-3-38-19-8-9-22(31-14-19)35(2)15-23(36)32-18-12-20(28)24(21(29)13-18)27(10-11-27)26-33-25(37-34-26)16-4-6-17(30)7-5-16/h4-9,12-14H,3,10-11,15H2,1-2H3,(H,32,36). The van der Waals surface area contributed by atoms with Gasteiger partial charge in [0.1, 0.15) is 11.6 Å². The van der Waals surface area contributed by atoms with E-state index in [2.05, 4.69) is 27.4 Å². The van der Waals surface area contributed by atoms with Crippen LogP contribution in [0.3, 0.4) is 0 Å². The van der Waals surface area contributed by atoms with Gasteiger partial charge >= 0.3 is 0 Å². The Labute approximate surface area is 233 Å². The molecule has 2 heterocycles. The Bertz CT molecular complexity index is 1440. The summed E-state index contributed by atoms with van der Waals surface area (Å²) in [6.45, 7) is 2.19. The van der Waals surface area contributed by atoms with Gasteiger partial charge in [-0.2, -0.15) is 4.98 Å². The summed E-state index contributed by atoms with van der Waals surface area (Å²) >= 11 is 15.1. The molecule has 1 fully saturated rings.